The Kier molecular flexibility index (Phi) is 4.16. The Balaban J connectivity index is 1.53. The number of hydrogen-bond donors (Lipinski definition) is 1. The minimum Gasteiger partial charge on any atom is -0.366 e. The number of aromatic nitrogens is 1. The largest absolute Gasteiger partial charge is 0.366 e. The molecular weight excluding hydrogens is 333 g/mol. The number of halogens is 1. The summed E-state index contributed by atoms with van der Waals surface area (Å²) in [7, 11) is 0. The third kappa shape index (κ3) is 2.94. The Morgan fingerprint density at radius 3 is 2.42 bits per heavy atom. The van der Waals surface area contributed by atoms with Crippen molar-refractivity contribution in [2.75, 3.05) is 31.1 Å². The van der Waals surface area contributed by atoms with Crippen LogP contribution < -0.4 is 10.5 Å². The minimum absolute atomic E-state index is 0.142. The number of H-pyrrole nitrogens is 1. The van der Waals surface area contributed by atoms with Crippen molar-refractivity contribution >= 4 is 22.5 Å². The van der Waals surface area contributed by atoms with Gasteiger partial charge in [0.05, 0.1) is 5.69 Å². The lowest BCUT2D eigenvalue weighted by Gasteiger charge is -2.36. The first kappa shape index (κ1) is 16.3. The molecule has 0 bridgehead atoms. The van der Waals surface area contributed by atoms with Crippen molar-refractivity contribution in [1.29, 1.82) is 0 Å². The summed E-state index contributed by atoms with van der Waals surface area (Å²) in [6.45, 7) is 1.94. The van der Waals surface area contributed by atoms with Gasteiger partial charge in [-0.25, -0.2) is 4.39 Å². The van der Waals surface area contributed by atoms with Gasteiger partial charge in [0.25, 0.3) is 11.5 Å². The van der Waals surface area contributed by atoms with Crippen LogP contribution in [-0.2, 0) is 0 Å². The van der Waals surface area contributed by atoms with E-state index in [1.807, 2.05) is 23.1 Å². The molecular formula is C20H18FN3O2. The number of benzene rings is 2. The molecule has 0 spiro atoms. The number of piperazine rings is 1. The zero-order chi connectivity index (χ0) is 18.1. The monoisotopic (exact) mass is 351 g/mol. The van der Waals surface area contributed by atoms with E-state index in [0.29, 0.717) is 37.4 Å². The first-order valence-corrected chi connectivity index (χ1v) is 8.54. The molecule has 1 amide bonds. The second kappa shape index (κ2) is 6.63. The number of pyridine rings is 1. The van der Waals surface area contributed by atoms with Gasteiger partial charge in [-0.05, 0) is 29.7 Å². The molecule has 1 saturated heterocycles. The maximum Gasteiger partial charge on any atom is 0.261 e. The van der Waals surface area contributed by atoms with Crippen LogP contribution in [0.25, 0.3) is 10.9 Å². The molecule has 1 aliphatic rings. The van der Waals surface area contributed by atoms with Gasteiger partial charge < -0.3 is 14.8 Å². The van der Waals surface area contributed by atoms with Crippen LogP contribution in [-0.4, -0.2) is 42.0 Å². The predicted octanol–water partition coefficient (Wildman–Crippen LogP) is 2.63. The lowest BCUT2D eigenvalue weighted by molar-refractivity contribution is 0.0745. The molecule has 0 saturated carbocycles. The summed E-state index contributed by atoms with van der Waals surface area (Å²) in [5.74, 6) is -0.552. The van der Waals surface area contributed by atoms with Crippen molar-refractivity contribution in [3.8, 4) is 0 Å². The van der Waals surface area contributed by atoms with Gasteiger partial charge in [-0.3, -0.25) is 9.59 Å². The summed E-state index contributed by atoms with van der Waals surface area (Å²) in [6.07, 6.45) is 0. The second-order valence-corrected chi connectivity index (χ2v) is 6.33. The molecule has 3 aromatic rings. The fraction of sp³-hybridized carbons (Fsp3) is 0.200. The van der Waals surface area contributed by atoms with Crippen molar-refractivity contribution in [2.45, 2.75) is 0 Å². The SMILES string of the molecule is O=C(c1cc2ccccc2[nH]c1=O)N1CCN(c2ccccc2F)CC1. The van der Waals surface area contributed by atoms with Gasteiger partial charge in [-0.1, -0.05) is 30.3 Å². The van der Waals surface area contributed by atoms with Crippen LogP contribution in [0.3, 0.4) is 0 Å². The van der Waals surface area contributed by atoms with Gasteiger partial charge in [0, 0.05) is 31.7 Å². The van der Waals surface area contributed by atoms with Crippen LogP contribution in [0.5, 0.6) is 0 Å². The topological polar surface area (TPSA) is 56.4 Å². The molecule has 4 rings (SSSR count). The molecule has 0 unspecified atom stereocenters. The van der Waals surface area contributed by atoms with E-state index in [0.717, 1.165) is 5.39 Å². The lowest BCUT2D eigenvalue weighted by Crippen LogP contribution is -2.49. The van der Waals surface area contributed by atoms with Crippen LogP contribution in [0, 0.1) is 5.82 Å². The third-order valence-corrected chi connectivity index (χ3v) is 4.74. The molecule has 1 aliphatic heterocycles. The first-order chi connectivity index (χ1) is 12.6. The number of hydrogen-bond acceptors (Lipinski definition) is 3. The van der Waals surface area contributed by atoms with Gasteiger partial charge in [0.2, 0.25) is 0 Å². The highest BCUT2D eigenvalue weighted by atomic mass is 19.1. The molecule has 132 valence electrons. The molecule has 0 radical (unpaired) electrons. The number of nitrogens with zero attached hydrogens (tertiary/aromatic N) is 2. The van der Waals surface area contributed by atoms with E-state index >= 15 is 0 Å². The van der Waals surface area contributed by atoms with E-state index in [4.69, 9.17) is 0 Å². The van der Waals surface area contributed by atoms with Crippen molar-refractivity contribution in [3.63, 3.8) is 0 Å². The second-order valence-electron chi connectivity index (χ2n) is 6.33. The number of carbonyl (C=O) groups is 1. The molecule has 6 heteroatoms. The third-order valence-electron chi connectivity index (χ3n) is 4.74. The highest BCUT2D eigenvalue weighted by molar-refractivity contribution is 5.97. The zero-order valence-corrected chi connectivity index (χ0v) is 14.1. The highest BCUT2D eigenvalue weighted by Crippen LogP contribution is 2.21. The maximum absolute atomic E-state index is 13.9. The molecule has 1 aromatic heterocycles. The summed E-state index contributed by atoms with van der Waals surface area (Å²) in [4.78, 5) is 31.4. The van der Waals surface area contributed by atoms with Gasteiger partial charge >= 0.3 is 0 Å². The molecule has 1 N–H and O–H groups in total. The standard InChI is InChI=1S/C20H18FN3O2/c21-16-6-2-4-8-18(16)23-9-11-24(12-10-23)20(26)15-13-14-5-1-3-7-17(14)22-19(15)25/h1-8,13H,9-12H2,(H,22,25). The van der Waals surface area contributed by atoms with E-state index in [1.165, 1.54) is 6.07 Å². The van der Waals surface area contributed by atoms with Crippen LogP contribution in [0.2, 0.25) is 0 Å². The Hall–Kier alpha value is -3.15. The summed E-state index contributed by atoms with van der Waals surface area (Å²) >= 11 is 0. The van der Waals surface area contributed by atoms with E-state index in [9.17, 15) is 14.0 Å². The van der Waals surface area contributed by atoms with Gasteiger partial charge in [-0.2, -0.15) is 0 Å². The maximum atomic E-state index is 13.9. The lowest BCUT2D eigenvalue weighted by atomic mass is 10.1. The molecule has 26 heavy (non-hydrogen) atoms. The number of fused-ring (bicyclic) bond motifs is 1. The number of amides is 1. The Morgan fingerprint density at radius 1 is 0.962 bits per heavy atom. The number of nitrogens with one attached hydrogen (secondary N) is 1. The Labute approximate surface area is 149 Å². The zero-order valence-electron chi connectivity index (χ0n) is 14.1. The number of carbonyl (C=O) groups excluding carboxylic acids is 1. The van der Waals surface area contributed by atoms with Crippen molar-refractivity contribution in [1.82, 2.24) is 9.88 Å². The normalized spacial score (nSPS) is 14.7. The predicted molar refractivity (Wildman–Crippen MR) is 99.1 cm³/mol. The van der Waals surface area contributed by atoms with Crippen molar-refractivity contribution in [3.05, 3.63) is 76.3 Å². The first-order valence-electron chi connectivity index (χ1n) is 8.54. The molecule has 2 heterocycles. The van der Waals surface area contributed by atoms with Crippen LogP contribution in [0.1, 0.15) is 10.4 Å². The fourth-order valence-electron chi connectivity index (χ4n) is 3.34. The van der Waals surface area contributed by atoms with E-state index < -0.39 is 0 Å². The quantitative estimate of drug-likeness (QED) is 0.772. The Bertz CT molecular complexity index is 1020. The van der Waals surface area contributed by atoms with Gasteiger partial charge in [-0.15, -0.1) is 0 Å². The molecule has 0 aliphatic carbocycles. The summed E-state index contributed by atoms with van der Waals surface area (Å²) in [5, 5.41) is 0.820. The van der Waals surface area contributed by atoms with E-state index in [-0.39, 0.29) is 22.8 Å². The number of rotatable bonds is 2. The minimum atomic E-state index is -0.384. The number of anilines is 1. The number of aromatic amines is 1. The van der Waals surface area contributed by atoms with Gasteiger partial charge in [0.1, 0.15) is 11.4 Å². The van der Waals surface area contributed by atoms with Gasteiger partial charge in [0.15, 0.2) is 0 Å². The molecule has 2 aromatic carbocycles. The molecule has 0 atom stereocenters. The average molecular weight is 351 g/mol. The van der Waals surface area contributed by atoms with Crippen LogP contribution in [0.15, 0.2) is 59.4 Å². The van der Waals surface area contributed by atoms with Crippen LogP contribution in [0.4, 0.5) is 10.1 Å². The van der Waals surface area contributed by atoms with Crippen molar-refractivity contribution in [2.24, 2.45) is 0 Å². The number of para-hydroxylation sites is 2. The molecule has 5 nitrogen and oxygen atoms in total. The Morgan fingerprint density at radius 2 is 1.65 bits per heavy atom. The summed E-state index contributed by atoms with van der Waals surface area (Å²) in [5.41, 5.74) is 1.01. The van der Waals surface area contributed by atoms with E-state index in [1.54, 1.807) is 35.2 Å². The summed E-state index contributed by atoms with van der Waals surface area (Å²) < 4.78 is 13.9. The van der Waals surface area contributed by atoms with E-state index in [2.05, 4.69) is 4.98 Å². The molecule has 1 fully saturated rings. The smallest absolute Gasteiger partial charge is 0.261 e. The average Bonchev–Trinajstić information content (AvgIpc) is 2.67. The summed E-state index contributed by atoms with van der Waals surface area (Å²) in [6, 6.07) is 15.6. The van der Waals surface area contributed by atoms with Crippen LogP contribution >= 0.6 is 0 Å². The van der Waals surface area contributed by atoms with Crippen molar-refractivity contribution < 1.29 is 9.18 Å². The fourth-order valence-corrected chi connectivity index (χ4v) is 3.34. The highest BCUT2D eigenvalue weighted by Gasteiger charge is 2.25.